The second-order valence-electron chi connectivity index (χ2n) is 7.84. The molecule has 1 aromatic carbocycles. The molecule has 9 heteroatoms. The predicted molar refractivity (Wildman–Crippen MR) is 113 cm³/mol. The highest BCUT2D eigenvalue weighted by Crippen LogP contribution is 2.23. The van der Waals surface area contributed by atoms with Crippen molar-refractivity contribution in [1.29, 1.82) is 0 Å². The van der Waals surface area contributed by atoms with E-state index in [-0.39, 0.29) is 30.9 Å². The zero-order valence-electron chi connectivity index (χ0n) is 16.8. The van der Waals surface area contributed by atoms with Crippen LogP contribution in [0, 0.1) is 0 Å². The minimum atomic E-state index is -3.15. The molecule has 3 rings (SSSR count). The molecule has 0 aliphatic rings. The highest BCUT2D eigenvalue weighted by Gasteiger charge is 2.16. The molecule has 0 saturated heterocycles. The number of benzene rings is 1. The summed E-state index contributed by atoms with van der Waals surface area (Å²) in [6.07, 6.45) is 2.69. The normalized spacial score (nSPS) is 12.1. The van der Waals surface area contributed by atoms with Gasteiger partial charge in [-0.1, -0.05) is 32.9 Å². The number of aromatic nitrogens is 3. The molecule has 0 saturated carbocycles. The summed E-state index contributed by atoms with van der Waals surface area (Å²) in [6, 6.07) is 10.6. The summed E-state index contributed by atoms with van der Waals surface area (Å²) in [7, 11) is -3.15. The van der Waals surface area contributed by atoms with Crippen molar-refractivity contribution in [2.75, 3.05) is 23.9 Å². The molecule has 0 bridgehead atoms. The summed E-state index contributed by atoms with van der Waals surface area (Å²) in [5.41, 5.74) is 2.12. The fourth-order valence-corrected chi connectivity index (χ4v) is 3.05. The van der Waals surface area contributed by atoms with Crippen LogP contribution in [-0.2, 0) is 15.3 Å². The molecule has 1 N–H and O–H groups in total. The second kappa shape index (κ2) is 7.82. The summed E-state index contributed by atoms with van der Waals surface area (Å²) in [4.78, 5) is 17.0. The van der Waals surface area contributed by atoms with Crippen LogP contribution in [0.4, 0.5) is 5.82 Å². The van der Waals surface area contributed by atoms with Crippen LogP contribution in [0.3, 0.4) is 0 Å². The van der Waals surface area contributed by atoms with Crippen molar-refractivity contribution in [3.63, 3.8) is 0 Å². The minimum absolute atomic E-state index is 0. The Kier molecular flexibility index (Phi) is 5.61. The van der Waals surface area contributed by atoms with Crippen molar-refractivity contribution in [3.05, 3.63) is 53.7 Å². The smallest absolute Gasteiger partial charge is 0.256 e. The second-order valence-corrected chi connectivity index (χ2v) is 10.1. The Labute approximate surface area is 171 Å². The van der Waals surface area contributed by atoms with Crippen LogP contribution in [0.5, 0.6) is 5.88 Å². The van der Waals surface area contributed by atoms with Crippen LogP contribution in [0.1, 0.15) is 38.1 Å². The molecule has 0 atom stereocenters. The molecule has 8 nitrogen and oxygen atoms in total. The zero-order chi connectivity index (χ0) is 21.2. The van der Waals surface area contributed by atoms with Gasteiger partial charge in [-0.25, -0.2) is 13.4 Å². The maximum Gasteiger partial charge on any atom is 0.256 e. The highest BCUT2D eigenvalue weighted by molar-refractivity contribution is 7.90. The van der Waals surface area contributed by atoms with Gasteiger partial charge in [-0.05, 0) is 23.1 Å². The van der Waals surface area contributed by atoms with E-state index < -0.39 is 9.84 Å². The number of hydrogen-bond donors (Lipinski definition) is 1. The topological polar surface area (TPSA) is 103 Å². The van der Waals surface area contributed by atoms with Crippen LogP contribution < -0.4 is 10.1 Å². The third-order valence-corrected chi connectivity index (χ3v) is 5.19. The summed E-state index contributed by atoms with van der Waals surface area (Å²) in [5, 5.41) is 6.87. The van der Waals surface area contributed by atoms with Crippen molar-refractivity contribution in [2.45, 2.75) is 26.2 Å². The van der Waals surface area contributed by atoms with Crippen molar-refractivity contribution < 1.29 is 19.4 Å². The number of nitrogens with zero attached hydrogens (tertiary/aromatic N) is 3. The molecule has 0 aliphatic carbocycles. The lowest BCUT2D eigenvalue weighted by Crippen LogP contribution is -2.16. The third kappa shape index (κ3) is 5.32. The van der Waals surface area contributed by atoms with Crippen LogP contribution >= 0.6 is 0 Å². The number of anilines is 1. The summed E-state index contributed by atoms with van der Waals surface area (Å²) < 4.78 is 29.6. The van der Waals surface area contributed by atoms with E-state index in [9.17, 15) is 13.2 Å². The van der Waals surface area contributed by atoms with Crippen LogP contribution in [0.25, 0.3) is 5.65 Å². The molecule has 0 spiro atoms. The van der Waals surface area contributed by atoms with E-state index in [0.717, 1.165) is 11.8 Å². The maximum absolute atomic E-state index is 12.6. The molecule has 0 fully saturated rings. The molecule has 29 heavy (non-hydrogen) atoms. The number of nitrogens with one attached hydrogen (secondary N) is 1. The SMILES string of the molecule is CC(C)(C)c1ccc(C(=O)Nc2cc(OCCS(C)(=O)=O)n3nccc3n2)cc1.[HH]. The van der Waals surface area contributed by atoms with E-state index in [1.54, 1.807) is 24.4 Å². The Morgan fingerprint density at radius 2 is 1.90 bits per heavy atom. The Hall–Kier alpha value is -2.94. The first-order valence-corrected chi connectivity index (χ1v) is 11.2. The molecule has 0 radical (unpaired) electrons. The quantitative estimate of drug-likeness (QED) is 0.660. The van der Waals surface area contributed by atoms with E-state index in [0.29, 0.717) is 17.1 Å². The predicted octanol–water partition coefficient (Wildman–Crippen LogP) is 2.95. The molecule has 3 aromatic rings. The first-order chi connectivity index (χ1) is 13.5. The zero-order valence-corrected chi connectivity index (χ0v) is 17.7. The van der Waals surface area contributed by atoms with Crippen molar-refractivity contribution in [2.24, 2.45) is 0 Å². The number of hydrogen-bond acceptors (Lipinski definition) is 6. The monoisotopic (exact) mass is 418 g/mol. The molecule has 156 valence electrons. The van der Waals surface area contributed by atoms with Crippen molar-refractivity contribution >= 4 is 27.2 Å². The van der Waals surface area contributed by atoms with Gasteiger partial charge in [0.15, 0.2) is 15.5 Å². The van der Waals surface area contributed by atoms with Gasteiger partial charge in [0.1, 0.15) is 12.4 Å². The number of sulfone groups is 1. The number of carbonyl (C=O) groups excluding carboxylic acids is 1. The molecule has 0 aliphatic heterocycles. The lowest BCUT2D eigenvalue weighted by molar-refractivity contribution is 0.102. The summed E-state index contributed by atoms with van der Waals surface area (Å²) in [6.45, 7) is 6.30. The fraction of sp³-hybridized carbons (Fsp3) is 0.350. The highest BCUT2D eigenvalue weighted by atomic mass is 32.2. The average Bonchev–Trinajstić information content (AvgIpc) is 3.08. The Morgan fingerprint density at radius 1 is 1.21 bits per heavy atom. The van der Waals surface area contributed by atoms with E-state index in [4.69, 9.17) is 4.74 Å². The largest absolute Gasteiger partial charge is 0.476 e. The minimum Gasteiger partial charge on any atom is -0.476 e. The van der Waals surface area contributed by atoms with E-state index in [1.165, 1.54) is 10.6 Å². The van der Waals surface area contributed by atoms with Gasteiger partial charge in [0.2, 0.25) is 5.88 Å². The number of fused-ring (bicyclic) bond motifs is 1. The van der Waals surface area contributed by atoms with Gasteiger partial charge < -0.3 is 10.1 Å². The Morgan fingerprint density at radius 3 is 2.52 bits per heavy atom. The van der Waals surface area contributed by atoms with Gasteiger partial charge in [-0.3, -0.25) is 4.79 Å². The number of amides is 1. The van der Waals surface area contributed by atoms with Crippen molar-refractivity contribution in [3.8, 4) is 5.88 Å². The molecule has 2 heterocycles. The van der Waals surface area contributed by atoms with Gasteiger partial charge in [-0.2, -0.15) is 9.61 Å². The van der Waals surface area contributed by atoms with Gasteiger partial charge in [0, 0.05) is 25.4 Å². The number of ether oxygens (including phenoxy) is 1. The Balaban J connectivity index is 0.00000320. The lowest BCUT2D eigenvalue weighted by atomic mass is 9.87. The first kappa shape index (κ1) is 20.8. The maximum atomic E-state index is 12.6. The van der Waals surface area contributed by atoms with Gasteiger partial charge >= 0.3 is 0 Å². The molecule has 2 aromatic heterocycles. The van der Waals surface area contributed by atoms with Gasteiger partial charge in [-0.15, -0.1) is 0 Å². The Bertz CT molecular complexity index is 1140. The standard InChI is InChI=1S/C20H24N4O4S.H2/c1-20(2,3)15-7-5-14(6-8-15)19(25)23-16-13-18(28-11-12-29(4,26)27)24-17(22-16)9-10-21-24;/h5-10,13H,11-12H2,1-4H3,(H,22,23,25);1H. The molecule has 1 amide bonds. The van der Waals surface area contributed by atoms with E-state index in [1.807, 2.05) is 12.1 Å². The van der Waals surface area contributed by atoms with Crippen molar-refractivity contribution in [1.82, 2.24) is 14.6 Å². The number of rotatable bonds is 6. The fourth-order valence-electron chi connectivity index (χ4n) is 2.66. The van der Waals surface area contributed by atoms with E-state index in [2.05, 4.69) is 36.2 Å². The number of carbonyl (C=O) groups is 1. The summed E-state index contributed by atoms with van der Waals surface area (Å²) >= 11 is 0. The lowest BCUT2D eigenvalue weighted by Gasteiger charge is -2.19. The third-order valence-electron chi connectivity index (χ3n) is 4.29. The van der Waals surface area contributed by atoms with Gasteiger partial charge in [0.05, 0.1) is 11.9 Å². The molecular weight excluding hydrogens is 392 g/mol. The summed E-state index contributed by atoms with van der Waals surface area (Å²) in [5.74, 6) is 0.156. The van der Waals surface area contributed by atoms with Gasteiger partial charge in [0.25, 0.3) is 5.91 Å². The average molecular weight is 419 g/mol. The van der Waals surface area contributed by atoms with Crippen LogP contribution in [0.2, 0.25) is 0 Å². The van der Waals surface area contributed by atoms with Crippen LogP contribution in [-0.4, -0.2) is 47.5 Å². The first-order valence-electron chi connectivity index (χ1n) is 9.10. The molecular formula is C20H26N4O4S. The molecule has 0 unspecified atom stereocenters. The van der Waals surface area contributed by atoms with E-state index >= 15 is 0 Å². The van der Waals surface area contributed by atoms with Crippen LogP contribution in [0.15, 0.2) is 42.6 Å².